The molecule has 4 aromatic carbocycles. The van der Waals surface area contributed by atoms with Gasteiger partial charge in [-0.25, -0.2) is 0 Å². The fourth-order valence-corrected chi connectivity index (χ4v) is 4.98. The van der Waals surface area contributed by atoms with Gasteiger partial charge in [-0.3, -0.25) is 4.98 Å². The van der Waals surface area contributed by atoms with Gasteiger partial charge in [-0.2, -0.15) is 5.26 Å². The molecule has 0 bridgehead atoms. The normalized spacial score (nSPS) is 11.1. The van der Waals surface area contributed by atoms with Crippen molar-refractivity contribution < 1.29 is 0 Å². The zero-order chi connectivity index (χ0) is 23.9. The summed E-state index contributed by atoms with van der Waals surface area (Å²) in [5.74, 6) is 0. The molecule has 0 unspecified atom stereocenters. The average Bonchev–Trinajstić information content (AvgIpc) is 3.21. The van der Waals surface area contributed by atoms with E-state index in [1.165, 1.54) is 21.9 Å². The van der Waals surface area contributed by atoms with E-state index in [0.29, 0.717) is 5.56 Å². The lowest BCUT2D eigenvalue weighted by molar-refractivity contribution is 1.17. The Morgan fingerprint density at radius 3 is 1.86 bits per heavy atom. The Morgan fingerprint density at radius 2 is 1.26 bits per heavy atom. The Kier molecular flexibility index (Phi) is 4.94. The van der Waals surface area contributed by atoms with Gasteiger partial charge in [-0.05, 0) is 72.5 Å². The minimum atomic E-state index is 0.640. The molecule has 166 valence electrons. The van der Waals surface area contributed by atoms with Gasteiger partial charge in [-0.15, -0.1) is 0 Å². The van der Waals surface area contributed by atoms with E-state index < -0.39 is 0 Å². The highest BCUT2D eigenvalue weighted by atomic mass is 15.0. The van der Waals surface area contributed by atoms with Gasteiger partial charge in [0.15, 0.2) is 0 Å². The summed E-state index contributed by atoms with van der Waals surface area (Å²) >= 11 is 0. The molecule has 0 spiro atoms. The van der Waals surface area contributed by atoms with Gasteiger partial charge >= 0.3 is 0 Å². The highest BCUT2D eigenvalue weighted by Crippen LogP contribution is 2.39. The highest BCUT2D eigenvalue weighted by molar-refractivity contribution is 6.10. The summed E-state index contributed by atoms with van der Waals surface area (Å²) in [6, 6.07) is 34.2. The first-order chi connectivity index (χ1) is 17.1. The topological polar surface area (TPSA) is 41.6 Å². The van der Waals surface area contributed by atoms with Crippen molar-refractivity contribution in [3.63, 3.8) is 0 Å². The van der Waals surface area contributed by atoms with Crippen molar-refractivity contribution in [3.8, 4) is 34.0 Å². The first-order valence-electron chi connectivity index (χ1n) is 11.7. The molecule has 0 aliphatic carbocycles. The number of benzene rings is 4. The number of rotatable bonds is 3. The lowest BCUT2D eigenvalue weighted by Crippen LogP contribution is -2.00. The van der Waals surface area contributed by atoms with Crippen molar-refractivity contribution in [3.05, 3.63) is 120 Å². The molecule has 0 amide bonds. The summed E-state index contributed by atoms with van der Waals surface area (Å²) in [5.41, 5.74) is 10.4. The van der Waals surface area contributed by atoms with Gasteiger partial charge in [-0.1, -0.05) is 54.6 Å². The van der Waals surface area contributed by atoms with Crippen molar-refractivity contribution >= 4 is 21.8 Å². The third kappa shape index (κ3) is 3.48. The number of hydrogen-bond acceptors (Lipinski definition) is 2. The molecular weight excluding hydrogens is 426 g/mol. The molecule has 2 aromatic heterocycles. The van der Waals surface area contributed by atoms with E-state index in [4.69, 9.17) is 0 Å². The van der Waals surface area contributed by atoms with E-state index in [0.717, 1.165) is 39.0 Å². The van der Waals surface area contributed by atoms with Crippen LogP contribution in [0.1, 0.15) is 16.7 Å². The maximum Gasteiger partial charge on any atom is 0.0998 e. The van der Waals surface area contributed by atoms with Crippen LogP contribution in [0, 0.1) is 25.2 Å². The molecule has 0 saturated carbocycles. The quantitative estimate of drug-likeness (QED) is 0.275. The van der Waals surface area contributed by atoms with E-state index in [9.17, 15) is 5.26 Å². The van der Waals surface area contributed by atoms with Gasteiger partial charge in [0.2, 0.25) is 0 Å². The van der Waals surface area contributed by atoms with Crippen molar-refractivity contribution in [1.29, 1.82) is 5.26 Å². The first kappa shape index (κ1) is 20.9. The molecule has 2 heterocycles. The molecule has 0 N–H and O–H groups in total. The molecule has 0 saturated heterocycles. The summed E-state index contributed by atoms with van der Waals surface area (Å²) < 4.78 is 2.32. The zero-order valence-corrected chi connectivity index (χ0v) is 19.7. The monoisotopic (exact) mass is 449 g/mol. The maximum absolute atomic E-state index is 10.2. The number of pyridine rings is 1. The molecule has 3 heteroatoms. The van der Waals surface area contributed by atoms with Crippen LogP contribution in [0.3, 0.4) is 0 Å². The van der Waals surface area contributed by atoms with E-state index in [2.05, 4.69) is 96.2 Å². The van der Waals surface area contributed by atoms with Crippen LogP contribution in [0.25, 0.3) is 49.7 Å². The van der Waals surface area contributed by atoms with Gasteiger partial charge in [0.25, 0.3) is 0 Å². The van der Waals surface area contributed by atoms with E-state index >= 15 is 0 Å². The number of aromatic nitrogens is 2. The Morgan fingerprint density at radius 1 is 0.657 bits per heavy atom. The maximum atomic E-state index is 10.2. The summed E-state index contributed by atoms with van der Waals surface area (Å²) in [5, 5.41) is 12.6. The second-order valence-electron chi connectivity index (χ2n) is 9.01. The van der Waals surface area contributed by atoms with Crippen LogP contribution in [0.4, 0.5) is 0 Å². The lowest BCUT2D eigenvalue weighted by Gasteiger charge is -2.17. The highest BCUT2D eigenvalue weighted by Gasteiger charge is 2.19. The van der Waals surface area contributed by atoms with Crippen molar-refractivity contribution in [2.75, 3.05) is 0 Å². The number of fused-ring (bicyclic) bond motifs is 3. The Labute approximate surface area is 204 Å². The van der Waals surface area contributed by atoms with Crippen LogP contribution in [0.2, 0.25) is 0 Å². The minimum absolute atomic E-state index is 0.640. The predicted molar refractivity (Wildman–Crippen MR) is 144 cm³/mol. The molecule has 0 aliphatic heterocycles. The van der Waals surface area contributed by atoms with E-state index in [1.54, 1.807) is 12.4 Å². The van der Waals surface area contributed by atoms with Gasteiger partial charge in [0.05, 0.1) is 28.4 Å². The van der Waals surface area contributed by atoms with E-state index in [1.807, 2.05) is 24.3 Å². The van der Waals surface area contributed by atoms with Gasteiger partial charge in [0, 0.05) is 34.3 Å². The van der Waals surface area contributed by atoms with Crippen LogP contribution in [0.5, 0.6) is 0 Å². The smallest absolute Gasteiger partial charge is 0.0998 e. The number of hydrogen-bond donors (Lipinski definition) is 0. The third-order valence-corrected chi connectivity index (χ3v) is 6.65. The second-order valence-corrected chi connectivity index (χ2v) is 9.01. The number of nitriles is 1. The molecule has 6 rings (SSSR count). The summed E-state index contributed by atoms with van der Waals surface area (Å²) in [4.78, 5) is 4.16. The van der Waals surface area contributed by atoms with Crippen LogP contribution in [-0.4, -0.2) is 9.55 Å². The molecule has 3 nitrogen and oxygen atoms in total. The fraction of sp³-hybridized carbons (Fsp3) is 0.0625. The largest absolute Gasteiger partial charge is 0.309 e. The third-order valence-electron chi connectivity index (χ3n) is 6.65. The van der Waals surface area contributed by atoms with Crippen molar-refractivity contribution in [2.24, 2.45) is 0 Å². The zero-order valence-electron chi connectivity index (χ0n) is 19.7. The molecule has 0 fully saturated rings. The van der Waals surface area contributed by atoms with Gasteiger partial charge < -0.3 is 4.57 Å². The SMILES string of the molecule is Cc1ccc2c3ccc(C)cc3n(-c3cc(C#N)c(-c4ccncc4)cc3-c3ccccc3)c2c1. The fourth-order valence-electron chi connectivity index (χ4n) is 4.98. The van der Waals surface area contributed by atoms with Crippen molar-refractivity contribution in [1.82, 2.24) is 9.55 Å². The number of nitrogens with zero attached hydrogens (tertiary/aromatic N) is 3. The Hall–Kier alpha value is -4.68. The second kappa shape index (κ2) is 8.27. The van der Waals surface area contributed by atoms with Crippen LogP contribution in [0.15, 0.2) is 103 Å². The van der Waals surface area contributed by atoms with Crippen molar-refractivity contribution in [2.45, 2.75) is 13.8 Å². The predicted octanol–water partition coefficient (Wildman–Crippen LogP) is 8.00. The summed E-state index contributed by atoms with van der Waals surface area (Å²) in [6.07, 6.45) is 3.54. The Bertz CT molecular complexity index is 1700. The Balaban J connectivity index is 1.78. The molecule has 0 radical (unpaired) electrons. The van der Waals surface area contributed by atoms with E-state index in [-0.39, 0.29) is 0 Å². The molecule has 0 atom stereocenters. The van der Waals surface area contributed by atoms with Crippen LogP contribution in [-0.2, 0) is 0 Å². The van der Waals surface area contributed by atoms with Gasteiger partial charge in [0.1, 0.15) is 0 Å². The summed E-state index contributed by atoms with van der Waals surface area (Å²) in [7, 11) is 0. The summed E-state index contributed by atoms with van der Waals surface area (Å²) in [6.45, 7) is 4.25. The standard InChI is InChI=1S/C32H23N3/c1-21-8-10-26-27-11-9-22(2)17-31(27)35(30(26)16-21)32-18-25(20-33)28(24-12-14-34-15-13-24)19-29(32)23-6-4-3-5-7-23/h3-19H,1-2H3. The number of aryl methyl sites for hydroxylation is 2. The van der Waals surface area contributed by atoms with Crippen LogP contribution >= 0.6 is 0 Å². The average molecular weight is 450 g/mol. The molecule has 0 aliphatic rings. The molecular formula is C32H23N3. The van der Waals surface area contributed by atoms with Crippen LogP contribution < -0.4 is 0 Å². The first-order valence-corrected chi connectivity index (χ1v) is 11.7. The molecule has 35 heavy (non-hydrogen) atoms. The minimum Gasteiger partial charge on any atom is -0.309 e. The molecule has 6 aromatic rings. The lowest BCUT2D eigenvalue weighted by atomic mass is 9.93.